The van der Waals surface area contributed by atoms with Crippen LogP contribution in [-0.2, 0) is 4.74 Å². The van der Waals surface area contributed by atoms with Gasteiger partial charge < -0.3 is 10.1 Å². The summed E-state index contributed by atoms with van der Waals surface area (Å²) >= 11 is 0. The lowest BCUT2D eigenvalue weighted by atomic mass is 10.00. The van der Waals surface area contributed by atoms with Crippen molar-refractivity contribution in [2.75, 3.05) is 20.8 Å². The van der Waals surface area contributed by atoms with E-state index in [1.165, 1.54) is 10.9 Å². The fourth-order valence-corrected chi connectivity index (χ4v) is 2.37. The first-order valence-corrected chi connectivity index (χ1v) is 6.78. The monoisotopic (exact) mass is 258 g/mol. The van der Waals surface area contributed by atoms with Crippen molar-refractivity contribution < 1.29 is 4.74 Å². The Labute approximate surface area is 115 Å². The zero-order chi connectivity index (χ0) is 13.7. The molecular formula is C16H22N2O. The summed E-state index contributed by atoms with van der Waals surface area (Å²) in [6.07, 6.45) is 2.14. The van der Waals surface area contributed by atoms with Crippen LogP contribution in [-0.4, -0.2) is 25.7 Å². The number of nitrogens with zero attached hydrogens (tertiary/aromatic N) is 1. The van der Waals surface area contributed by atoms with E-state index in [-0.39, 0.29) is 0 Å². The van der Waals surface area contributed by atoms with Crippen LogP contribution in [0.2, 0.25) is 0 Å². The number of aromatic nitrogens is 1. The Morgan fingerprint density at radius 3 is 2.84 bits per heavy atom. The number of pyridine rings is 1. The number of fused-ring (bicyclic) bond motifs is 1. The first-order chi connectivity index (χ1) is 9.24. The van der Waals surface area contributed by atoms with Gasteiger partial charge in [0.15, 0.2) is 0 Å². The Morgan fingerprint density at radius 2 is 2.11 bits per heavy atom. The van der Waals surface area contributed by atoms with E-state index < -0.39 is 0 Å². The number of rotatable bonds is 6. The van der Waals surface area contributed by atoms with Crippen LogP contribution < -0.4 is 5.32 Å². The Kier molecular flexibility index (Phi) is 4.88. The largest absolute Gasteiger partial charge is 0.385 e. The highest BCUT2D eigenvalue weighted by Crippen LogP contribution is 2.22. The van der Waals surface area contributed by atoms with Gasteiger partial charge in [0.05, 0.1) is 5.52 Å². The van der Waals surface area contributed by atoms with Gasteiger partial charge in [-0.1, -0.05) is 12.1 Å². The van der Waals surface area contributed by atoms with Gasteiger partial charge >= 0.3 is 0 Å². The Bertz CT molecular complexity index is 539. The Hall–Kier alpha value is -1.45. The van der Waals surface area contributed by atoms with Crippen LogP contribution in [0.4, 0.5) is 0 Å². The van der Waals surface area contributed by atoms with Gasteiger partial charge in [-0.2, -0.15) is 0 Å². The van der Waals surface area contributed by atoms with Gasteiger partial charge in [-0.05, 0) is 50.6 Å². The lowest BCUT2D eigenvalue weighted by Gasteiger charge is -2.17. The molecule has 1 aromatic heterocycles. The van der Waals surface area contributed by atoms with E-state index in [4.69, 9.17) is 4.74 Å². The van der Waals surface area contributed by atoms with Crippen LogP contribution in [0.25, 0.3) is 10.9 Å². The molecule has 0 aliphatic heterocycles. The van der Waals surface area contributed by atoms with Gasteiger partial charge in [0.2, 0.25) is 0 Å². The van der Waals surface area contributed by atoms with Gasteiger partial charge in [0.1, 0.15) is 0 Å². The molecule has 2 aromatic rings. The topological polar surface area (TPSA) is 34.1 Å². The maximum Gasteiger partial charge on any atom is 0.0705 e. The number of hydrogen-bond donors (Lipinski definition) is 1. The summed E-state index contributed by atoms with van der Waals surface area (Å²) in [4.78, 5) is 4.54. The molecule has 1 atom stereocenters. The van der Waals surface area contributed by atoms with Crippen LogP contribution in [0.1, 0.15) is 30.1 Å². The average molecular weight is 258 g/mol. The Morgan fingerprint density at radius 1 is 1.26 bits per heavy atom. The molecule has 1 heterocycles. The van der Waals surface area contributed by atoms with Crippen LogP contribution >= 0.6 is 0 Å². The summed E-state index contributed by atoms with van der Waals surface area (Å²) in [6.45, 7) is 2.83. The van der Waals surface area contributed by atoms with E-state index in [1.807, 2.05) is 14.0 Å². The number of hydrogen-bond acceptors (Lipinski definition) is 3. The molecule has 2 rings (SSSR count). The molecule has 1 aromatic carbocycles. The molecule has 0 spiro atoms. The van der Waals surface area contributed by atoms with Crippen LogP contribution in [0.3, 0.4) is 0 Å². The average Bonchev–Trinajstić information content (AvgIpc) is 2.43. The second-order valence-corrected chi connectivity index (χ2v) is 4.88. The highest BCUT2D eigenvalue weighted by Gasteiger charge is 2.09. The summed E-state index contributed by atoms with van der Waals surface area (Å²) in [6, 6.07) is 11.1. The van der Waals surface area contributed by atoms with Gasteiger partial charge in [-0.15, -0.1) is 0 Å². The molecule has 0 saturated heterocycles. The van der Waals surface area contributed by atoms with E-state index in [0.29, 0.717) is 6.04 Å². The minimum absolute atomic E-state index is 0.376. The predicted octanol–water partition coefficient (Wildman–Crippen LogP) is 3.23. The highest BCUT2D eigenvalue weighted by atomic mass is 16.5. The number of nitrogens with one attached hydrogen (secondary N) is 1. The van der Waals surface area contributed by atoms with Gasteiger partial charge in [0, 0.05) is 30.8 Å². The standard InChI is InChI=1S/C16H22N2O/c1-12-6-7-14-11-13(8-9-16(14)18-12)15(17-2)5-4-10-19-3/h6-9,11,15,17H,4-5,10H2,1-3H3. The lowest BCUT2D eigenvalue weighted by Crippen LogP contribution is -2.16. The van der Waals surface area contributed by atoms with Gasteiger partial charge in [0.25, 0.3) is 0 Å². The fraction of sp³-hybridized carbons (Fsp3) is 0.438. The van der Waals surface area contributed by atoms with Gasteiger partial charge in [-0.3, -0.25) is 4.98 Å². The molecular weight excluding hydrogens is 236 g/mol. The van der Waals surface area contributed by atoms with Crippen molar-refractivity contribution in [1.29, 1.82) is 0 Å². The van der Waals surface area contributed by atoms with E-state index >= 15 is 0 Å². The maximum atomic E-state index is 5.12. The molecule has 0 aliphatic carbocycles. The van der Waals surface area contributed by atoms with Crippen molar-refractivity contribution in [1.82, 2.24) is 10.3 Å². The minimum Gasteiger partial charge on any atom is -0.385 e. The third-order valence-electron chi connectivity index (χ3n) is 3.44. The van der Waals surface area contributed by atoms with Crippen molar-refractivity contribution in [3.63, 3.8) is 0 Å². The first kappa shape index (κ1) is 14.0. The maximum absolute atomic E-state index is 5.12. The molecule has 0 bridgehead atoms. The van der Waals surface area contributed by atoms with Crippen LogP contribution in [0, 0.1) is 6.92 Å². The predicted molar refractivity (Wildman–Crippen MR) is 79.4 cm³/mol. The lowest BCUT2D eigenvalue weighted by molar-refractivity contribution is 0.189. The molecule has 0 radical (unpaired) electrons. The van der Waals surface area contributed by atoms with E-state index in [0.717, 1.165) is 30.7 Å². The number of methoxy groups -OCH3 is 1. The fourth-order valence-electron chi connectivity index (χ4n) is 2.37. The molecule has 1 unspecified atom stereocenters. The normalized spacial score (nSPS) is 12.8. The van der Waals surface area contributed by atoms with Crippen LogP contribution in [0.15, 0.2) is 30.3 Å². The van der Waals surface area contributed by atoms with Crippen molar-refractivity contribution in [3.05, 3.63) is 41.6 Å². The smallest absolute Gasteiger partial charge is 0.0705 e. The molecule has 3 heteroatoms. The van der Waals surface area contributed by atoms with E-state index in [1.54, 1.807) is 7.11 Å². The molecule has 102 valence electrons. The Balaban J connectivity index is 2.20. The number of benzene rings is 1. The highest BCUT2D eigenvalue weighted by molar-refractivity contribution is 5.79. The molecule has 1 N–H and O–H groups in total. The van der Waals surface area contributed by atoms with Gasteiger partial charge in [-0.25, -0.2) is 0 Å². The molecule has 19 heavy (non-hydrogen) atoms. The third kappa shape index (κ3) is 3.52. The third-order valence-corrected chi connectivity index (χ3v) is 3.44. The number of aryl methyl sites for hydroxylation is 1. The number of ether oxygens (including phenoxy) is 1. The van der Waals surface area contributed by atoms with Crippen molar-refractivity contribution in [3.8, 4) is 0 Å². The van der Waals surface area contributed by atoms with Crippen molar-refractivity contribution in [2.24, 2.45) is 0 Å². The summed E-state index contributed by atoms with van der Waals surface area (Å²) in [5.41, 5.74) is 3.44. The minimum atomic E-state index is 0.376. The van der Waals surface area contributed by atoms with Crippen molar-refractivity contribution >= 4 is 10.9 Å². The summed E-state index contributed by atoms with van der Waals surface area (Å²) < 4.78 is 5.12. The van der Waals surface area contributed by atoms with Crippen molar-refractivity contribution in [2.45, 2.75) is 25.8 Å². The SMILES string of the molecule is CNC(CCCOC)c1ccc2nc(C)ccc2c1. The summed E-state index contributed by atoms with van der Waals surface area (Å²) in [5.74, 6) is 0. The molecule has 0 amide bonds. The quantitative estimate of drug-likeness (QED) is 0.808. The second-order valence-electron chi connectivity index (χ2n) is 4.88. The van der Waals surface area contributed by atoms with E-state index in [2.05, 4.69) is 40.6 Å². The molecule has 0 aliphatic rings. The zero-order valence-electron chi connectivity index (χ0n) is 11.9. The van der Waals surface area contributed by atoms with Crippen LogP contribution in [0.5, 0.6) is 0 Å². The molecule has 0 saturated carbocycles. The van der Waals surface area contributed by atoms with E-state index in [9.17, 15) is 0 Å². The first-order valence-electron chi connectivity index (χ1n) is 6.78. The zero-order valence-corrected chi connectivity index (χ0v) is 11.9. The summed E-state index contributed by atoms with van der Waals surface area (Å²) in [5, 5.41) is 4.58. The second kappa shape index (κ2) is 6.64. The molecule has 0 fully saturated rings. The molecule has 3 nitrogen and oxygen atoms in total. The summed E-state index contributed by atoms with van der Waals surface area (Å²) in [7, 11) is 3.76.